The van der Waals surface area contributed by atoms with Gasteiger partial charge in [0.25, 0.3) is 6.23 Å². The van der Waals surface area contributed by atoms with E-state index < -0.39 is 6.23 Å². The predicted molar refractivity (Wildman–Crippen MR) is 127 cm³/mol. The quantitative estimate of drug-likeness (QED) is 0.334. The van der Waals surface area contributed by atoms with Crippen molar-refractivity contribution in [2.75, 3.05) is 0 Å². The second-order valence-corrected chi connectivity index (χ2v) is 9.50. The SMILES string of the molecule is O=C(c1ccc(Cl)cc1)[C@H]1Oc2c(Cl)cc(Cl)cc2[C@@H]2CC(c3ccc(Br)cc3)=NN12. The number of ether oxygens (including phenoxy) is 1. The average molecular weight is 537 g/mol. The summed E-state index contributed by atoms with van der Waals surface area (Å²) in [6, 6.07) is 17.8. The molecule has 0 saturated heterocycles. The van der Waals surface area contributed by atoms with E-state index in [1.807, 2.05) is 30.3 Å². The minimum atomic E-state index is -0.953. The maximum atomic E-state index is 13.4. The molecule has 2 heterocycles. The zero-order valence-electron chi connectivity index (χ0n) is 15.9. The number of ketones is 1. The molecule has 0 aromatic heterocycles. The van der Waals surface area contributed by atoms with Gasteiger partial charge in [0.1, 0.15) is 5.75 Å². The molecule has 0 unspecified atom stereocenters. The van der Waals surface area contributed by atoms with Gasteiger partial charge in [-0.1, -0.05) is 62.9 Å². The summed E-state index contributed by atoms with van der Waals surface area (Å²) < 4.78 is 7.10. The Balaban J connectivity index is 1.59. The fourth-order valence-electron chi connectivity index (χ4n) is 3.86. The zero-order chi connectivity index (χ0) is 21.7. The van der Waals surface area contributed by atoms with Gasteiger partial charge in [-0.3, -0.25) is 4.79 Å². The van der Waals surface area contributed by atoms with Gasteiger partial charge < -0.3 is 4.74 Å². The number of nitrogens with zero attached hydrogens (tertiary/aromatic N) is 2. The minimum Gasteiger partial charge on any atom is -0.459 e. The van der Waals surface area contributed by atoms with Crippen LogP contribution in [0.1, 0.15) is 33.9 Å². The smallest absolute Gasteiger partial charge is 0.251 e. The van der Waals surface area contributed by atoms with Crippen LogP contribution in [0.5, 0.6) is 5.75 Å². The summed E-state index contributed by atoms with van der Waals surface area (Å²) in [5.41, 5.74) is 3.13. The van der Waals surface area contributed by atoms with Gasteiger partial charge in [-0.15, -0.1) is 0 Å². The largest absolute Gasteiger partial charge is 0.459 e. The van der Waals surface area contributed by atoms with E-state index in [1.165, 1.54) is 0 Å². The maximum Gasteiger partial charge on any atom is 0.251 e. The standard InChI is InChI=1S/C23H14BrCl3N2O2/c24-14-5-1-12(2-6-14)19-11-20-17-9-16(26)10-18(27)22(17)31-23(29(20)28-19)21(30)13-3-7-15(25)8-4-13/h1-10,20,23H,11H2/t20-,23+/m0/s1. The summed E-state index contributed by atoms with van der Waals surface area (Å²) in [5.74, 6) is 0.242. The van der Waals surface area contributed by atoms with Crippen molar-refractivity contribution in [2.45, 2.75) is 18.7 Å². The van der Waals surface area contributed by atoms with Gasteiger partial charge in [0.15, 0.2) is 0 Å². The summed E-state index contributed by atoms with van der Waals surface area (Å²) in [6.45, 7) is 0. The highest BCUT2D eigenvalue weighted by Gasteiger charge is 2.44. The Morgan fingerprint density at radius 2 is 1.71 bits per heavy atom. The molecule has 2 atom stereocenters. The van der Waals surface area contributed by atoms with Crippen molar-refractivity contribution in [3.05, 3.63) is 96.9 Å². The number of rotatable bonds is 3. The molecule has 0 radical (unpaired) electrons. The third-order valence-electron chi connectivity index (χ3n) is 5.34. The van der Waals surface area contributed by atoms with E-state index >= 15 is 0 Å². The second-order valence-electron chi connectivity index (χ2n) is 7.30. The molecule has 3 aromatic rings. The van der Waals surface area contributed by atoms with E-state index in [0.717, 1.165) is 21.3 Å². The van der Waals surface area contributed by atoms with Crippen molar-refractivity contribution in [2.24, 2.45) is 5.10 Å². The summed E-state index contributed by atoms with van der Waals surface area (Å²) in [5, 5.41) is 7.93. The molecule has 8 heteroatoms. The Labute approximate surface area is 202 Å². The fourth-order valence-corrected chi connectivity index (χ4v) is 4.80. The molecule has 0 N–H and O–H groups in total. The molecule has 0 bridgehead atoms. The lowest BCUT2D eigenvalue weighted by Gasteiger charge is -2.37. The van der Waals surface area contributed by atoms with Crippen molar-refractivity contribution in [1.29, 1.82) is 0 Å². The van der Waals surface area contributed by atoms with Gasteiger partial charge in [-0.05, 0) is 54.1 Å². The van der Waals surface area contributed by atoms with Crippen molar-refractivity contribution in [3.8, 4) is 5.75 Å². The molecule has 0 spiro atoms. The highest BCUT2D eigenvalue weighted by atomic mass is 79.9. The van der Waals surface area contributed by atoms with E-state index in [-0.39, 0.29) is 11.8 Å². The molecule has 0 saturated carbocycles. The highest BCUT2D eigenvalue weighted by Crippen LogP contribution is 2.47. The van der Waals surface area contributed by atoms with E-state index in [9.17, 15) is 4.79 Å². The molecule has 31 heavy (non-hydrogen) atoms. The number of Topliss-reactive ketones (excluding diaryl/α,β-unsaturated/α-hetero) is 1. The Bertz CT molecular complexity index is 1210. The molecule has 2 aliphatic rings. The molecule has 156 valence electrons. The van der Waals surface area contributed by atoms with Crippen LogP contribution in [0, 0.1) is 0 Å². The van der Waals surface area contributed by atoms with Gasteiger partial charge in [0.2, 0.25) is 5.78 Å². The Kier molecular flexibility index (Phi) is 5.47. The molecule has 0 fully saturated rings. The van der Waals surface area contributed by atoms with Crippen molar-refractivity contribution >= 4 is 62.2 Å². The predicted octanol–water partition coefficient (Wildman–Crippen LogP) is 7.16. The first-order chi connectivity index (χ1) is 14.9. The molecular formula is C23H14BrCl3N2O2. The lowest BCUT2D eigenvalue weighted by atomic mass is 9.95. The number of halogens is 4. The van der Waals surface area contributed by atoms with Crippen LogP contribution in [-0.4, -0.2) is 22.7 Å². The molecule has 0 amide bonds. The summed E-state index contributed by atoms with van der Waals surface area (Å²) >= 11 is 22.2. The molecular weight excluding hydrogens is 523 g/mol. The van der Waals surface area contributed by atoms with Gasteiger partial charge >= 0.3 is 0 Å². The number of hydrazone groups is 1. The lowest BCUT2D eigenvalue weighted by Crippen LogP contribution is -2.46. The molecule has 5 rings (SSSR count). The van der Waals surface area contributed by atoms with E-state index in [1.54, 1.807) is 35.3 Å². The normalized spacial score (nSPS) is 19.4. The van der Waals surface area contributed by atoms with Gasteiger partial charge in [0.05, 0.1) is 16.8 Å². The number of fused-ring (bicyclic) bond motifs is 3. The topological polar surface area (TPSA) is 41.9 Å². The van der Waals surface area contributed by atoms with Crippen LogP contribution < -0.4 is 4.74 Å². The van der Waals surface area contributed by atoms with Crippen LogP contribution >= 0.6 is 50.7 Å². The third kappa shape index (κ3) is 3.85. The van der Waals surface area contributed by atoms with Gasteiger partial charge in [-0.2, -0.15) is 5.10 Å². The monoisotopic (exact) mass is 534 g/mol. The fraction of sp³-hybridized carbons (Fsp3) is 0.130. The number of hydrogen-bond acceptors (Lipinski definition) is 4. The third-order valence-corrected chi connectivity index (χ3v) is 6.62. The molecule has 4 nitrogen and oxygen atoms in total. The highest BCUT2D eigenvalue weighted by molar-refractivity contribution is 9.10. The van der Waals surface area contributed by atoms with E-state index in [0.29, 0.717) is 32.8 Å². The first kappa shape index (κ1) is 20.8. The van der Waals surface area contributed by atoms with Crippen molar-refractivity contribution in [3.63, 3.8) is 0 Å². The van der Waals surface area contributed by atoms with E-state index in [4.69, 9.17) is 44.6 Å². The molecule has 2 aliphatic heterocycles. The van der Waals surface area contributed by atoms with Gasteiger partial charge in [0, 0.05) is 32.1 Å². The van der Waals surface area contributed by atoms with Crippen LogP contribution in [0.2, 0.25) is 15.1 Å². The molecule has 0 aliphatic carbocycles. The number of benzene rings is 3. The van der Waals surface area contributed by atoms with Crippen molar-refractivity contribution < 1.29 is 9.53 Å². The van der Waals surface area contributed by atoms with Crippen LogP contribution in [-0.2, 0) is 0 Å². The zero-order valence-corrected chi connectivity index (χ0v) is 19.7. The maximum absolute atomic E-state index is 13.4. The van der Waals surface area contributed by atoms with Crippen LogP contribution in [0.3, 0.4) is 0 Å². The number of carbonyl (C=O) groups excluding carboxylic acids is 1. The first-order valence-electron chi connectivity index (χ1n) is 9.48. The van der Waals surface area contributed by atoms with E-state index in [2.05, 4.69) is 15.9 Å². The van der Waals surface area contributed by atoms with Crippen LogP contribution in [0.4, 0.5) is 0 Å². The van der Waals surface area contributed by atoms with Crippen LogP contribution in [0.25, 0.3) is 0 Å². The summed E-state index contributed by atoms with van der Waals surface area (Å²) in [4.78, 5) is 13.4. The number of carbonyl (C=O) groups is 1. The summed E-state index contributed by atoms with van der Waals surface area (Å²) in [6.07, 6.45) is -0.357. The lowest BCUT2D eigenvalue weighted by molar-refractivity contribution is -0.00447. The average Bonchev–Trinajstić information content (AvgIpc) is 3.19. The first-order valence-corrected chi connectivity index (χ1v) is 11.4. The Morgan fingerprint density at radius 1 is 1.00 bits per heavy atom. The Hall–Kier alpha value is -2.05. The van der Waals surface area contributed by atoms with Crippen molar-refractivity contribution in [1.82, 2.24) is 5.01 Å². The van der Waals surface area contributed by atoms with Gasteiger partial charge in [-0.25, -0.2) is 5.01 Å². The minimum absolute atomic E-state index is 0.222. The Morgan fingerprint density at radius 3 is 2.42 bits per heavy atom. The number of hydrogen-bond donors (Lipinski definition) is 0. The molecule has 3 aromatic carbocycles. The van der Waals surface area contributed by atoms with Crippen LogP contribution in [0.15, 0.2) is 70.2 Å². The summed E-state index contributed by atoms with van der Waals surface area (Å²) in [7, 11) is 0. The second kappa shape index (κ2) is 8.14.